The smallest absolute Gasteiger partial charge is 0.242 e. The van der Waals surface area contributed by atoms with Crippen molar-refractivity contribution in [1.29, 1.82) is 0 Å². The van der Waals surface area contributed by atoms with Crippen LogP contribution in [0.1, 0.15) is 12.5 Å². The SMILES string of the molecule is CCN1CC(=O)N(Cc2cc(N)cc(F)c2)CC1=O. The summed E-state index contributed by atoms with van der Waals surface area (Å²) in [6.45, 7) is 2.66. The van der Waals surface area contributed by atoms with Gasteiger partial charge in [-0.3, -0.25) is 9.59 Å². The second-order valence-corrected chi connectivity index (χ2v) is 4.55. The summed E-state index contributed by atoms with van der Waals surface area (Å²) in [7, 11) is 0. The Morgan fingerprint density at radius 2 is 1.79 bits per heavy atom. The van der Waals surface area contributed by atoms with Crippen LogP contribution in [0.25, 0.3) is 0 Å². The molecule has 0 radical (unpaired) electrons. The average molecular weight is 265 g/mol. The predicted molar refractivity (Wildman–Crippen MR) is 68.5 cm³/mol. The van der Waals surface area contributed by atoms with Crippen LogP contribution in [0.15, 0.2) is 18.2 Å². The molecule has 2 N–H and O–H groups in total. The molecule has 2 amide bonds. The Labute approximate surface area is 110 Å². The third-order valence-electron chi connectivity index (χ3n) is 3.09. The zero-order chi connectivity index (χ0) is 14.0. The summed E-state index contributed by atoms with van der Waals surface area (Å²) >= 11 is 0. The molecule has 1 aliphatic rings. The fourth-order valence-corrected chi connectivity index (χ4v) is 2.12. The third-order valence-corrected chi connectivity index (χ3v) is 3.09. The van der Waals surface area contributed by atoms with Gasteiger partial charge in [0.25, 0.3) is 0 Å². The first-order valence-corrected chi connectivity index (χ1v) is 6.10. The summed E-state index contributed by atoms with van der Waals surface area (Å²) in [5.41, 5.74) is 6.44. The van der Waals surface area contributed by atoms with E-state index in [1.165, 1.54) is 21.9 Å². The second kappa shape index (κ2) is 5.26. The van der Waals surface area contributed by atoms with Crippen LogP contribution in [0.3, 0.4) is 0 Å². The summed E-state index contributed by atoms with van der Waals surface area (Å²) in [5.74, 6) is -0.670. The number of hydrogen-bond acceptors (Lipinski definition) is 3. The highest BCUT2D eigenvalue weighted by Crippen LogP contribution is 2.15. The van der Waals surface area contributed by atoms with Crippen LogP contribution in [0.2, 0.25) is 0 Å². The molecule has 19 heavy (non-hydrogen) atoms. The lowest BCUT2D eigenvalue weighted by Crippen LogP contribution is -2.53. The number of anilines is 1. The molecular formula is C13H16FN3O2. The normalized spacial score (nSPS) is 16.1. The molecule has 1 aliphatic heterocycles. The van der Waals surface area contributed by atoms with Crippen LogP contribution >= 0.6 is 0 Å². The van der Waals surface area contributed by atoms with E-state index in [1.807, 2.05) is 6.92 Å². The lowest BCUT2D eigenvalue weighted by Gasteiger charge is -2.33. The molecule has 0 saturated carbocycles. The maximum Gasteiger partial charge on any atom is 0.242 e. The minimum atomic E-state index is -0.444. The average Bonchev–Trinajstić information content (AvgIpc) is 2.32. The molecule has 6 heteroatoms. The van der Waals surface area contributed by atoms with E-state index in [1.54, 1.807) is 6.07 Å². The van der Waals surface area contributed by atoms with Gasteiger partial charge in [0.2, 0.25) is 11.8 Å². The number of nitrogens with two attached hydrogens (primary N) is 1. The summed E-state index contributed by atoms with van der Waals surface area (Å²) < 4.78 is 13.2. The van der Waals surface area contributed by atoms with E-state index in [0.29, 0.717) is 17.8 Å². The van der Waals surface area contributed by atoms with Crippen molar-refractivity contribution in [3.63, 3.8) is 0 Å². The van der Waals surface area contributed by atoms with Crippen molar-refractivity contribution in [3.05, 3.63) is 29.6 Å². The van der Waals surface area contributed by atoms with Gasteiger partial charge in [0.1, 0.15) is 12.4 Å². The first-order chi connectivity index (χ1) is 8.99. The van der Waals surface area contributed by atoms with Gasteiger partial charge >= 0.3 is 0 Å². The van der Waals surface area contributed by atoms with Crippen molar-refractivity contribution in [1.82, 2.24) is 9.80 Å². The standard InChI is InChI=1S/C13H16FN3O2/c1-2-16-7-13(19)17(8-12(16)18)6-9-3-10(14)5-11(15)4-9/h3-5H,2,6-8,15H2,1H3. The molecule has 0 unspecified atom stereocenters. The molecule has 5 nitrogen and oxygen atoms in total. The Bertz CT molecular complexity index is 498. The van der Waals surface area contributed by atoms with Crippen LogP contribution in [-0.4, -0.2) is 41.2 Å². The van der Waals surface area contributed by atoms with Crippen molar-refractivity contribution in [2.24, 2.45) is 0 Å². The number of likely N-dealkylation sites (N-methyl/N-ethyl adjacent to an activating group) is 1. The number of carbonyl (C=O) groups is 2. The van der Waals surface area contributed by atoms with Gasteiger partial charge in [-0.25, -0.2) is 4.39 Å². The molecule has 1 saturated heterocycles. The molecule has 1 heterocycles. The Hall–Kier alpha value is -2.11. The zero-order valence-corrected chi connectivity index (χ0v) is 10.7. The zero-order valence-electron chi connectivity index (χ0n) is 10.7. The maximum absolute atomic E-state index is 13.2. The van der Waals surface area contributed by atoms with E-state index >= 15 is 0 Å². The van der Waals surface area contributed by atoms with Crippen molar-refractivity contribution in [3.8, 4) is 0 Å². The number of nitrogen functional groups attached to an aromatic ring is 1. The van der Waals surface area contributed by atoms with Gasteiger partial charge in [-0.1, -0.05) is 0 Å². The molecule has 0 aliphatic carbocycles. The summed E-state index contributed by atoms with van der Waals surface area (Å²) in [4.78, 5) is 26.5. The van der Waals surface area contributed by atoms with Crippen LogP contribution in [0.4, 0.5) is 10.1 Å². The second-order valence-electron chi connectivity index (χ2n) is 4.55. The topological polar surface area (TPSA) is 66.6 Å². The largest absolute Gasteiger partial charge is 0.399 e. The van der Waals surface area contributed by atoms with Crippen molar-refractivity contribution in [2.75, 3.05) is 25.4 Å². The fraction of sp³-hybridized carbons (Fsp3) is 0.385. The molecule has 1 fully saturated rings. The molecular weight excluding hydrogens is 249 g/mol. The quantitative estimate of drug-likeness (QED) is 0.814. The van der Waals surface area contributed by atoms with Gasteiger partial charge in [-0.05, 0) is 30.7 Å². The highest BCUT2D eigenvalue weighted by molar-refractivity contribution is 5.92. The highest BCUT2D eigenvalue weighted by Gasteiger charge is 2.28. The molecule has 2 rings (SSSR count). The number of amides is 2. The van der Waals surface area contributed by atoms with E-state index in [0.717, 1.165) is 0 Å². The van der Waals surface area contributed by atoms with Crippen molar-refractivity contribution in [2.45, 2.75) is 13.5 Å². The number of carbonyl (C=O) groups excluding carboxylic acids is 2. The van der Waals surface area contributed by atoms with Crippen LogP contribution in [0.5, 0.6) is 0 Å². The highest BCUT2D eigenvalue weighted by atomic mass is 19.1. The Morgan fingerprint density at radius 1 is 1.16 bits per heavy atom. The van der Waals surface area contributed by atoms with Crippen molar-refractivity contribution < 1.29 is 14.0 Å². The third kappa shape index (κ3) is 3.01. The number of halogens is 1. The number of nitrogens with zero attached hydrogens (tertiary/aromatic N) is 2. The van der Waals surface area contributed by atoms with Crippen LogP contribution in [0, 0.1) is 5.82 Å². The monoisotopic (exact) mass is 265 g/mol. The number of benzene rings is 1. The maximum atomic E-state index is 13.2. The molecule has 1 aromatic carbocycles. The Kier molecular flexibility index (Phi) is 3.69. The van der Waals surface area contributed by atoms with E-state index in [9.17, 15) is 14.0 Å². The number of piperazine rings is 1. The summed E-state index contributed by atoms with van der Waals surface area (Å²) in [5, 5.41) is 0. The lowest BCUT2D eigenvalue weighted by molar-refractivity contribution is -0.150. The molecule has 0 aromatic heterocycles. The summed E-state index contributed by atoms with van der Waals surface area (Å²) in [6, 6.07) is 4.14. The van der Waals surface area contributed by atoms with E-state index in [-0.39, 0.29) is 31.4 Å². The summed E-state index contributed by atoms with van der Waals surface area (Å²) in [6.07, 6.45) is 0. The first kappa shape index (κ1) is 13.3. The minimum Gasteiger partial charge on any atom is -0.399 e. The van der Waals surface area contributed by atoms with Crippen molar-refractivity contribution >= 4 is 17.5 Å². The Morgan fingerprint density at radius 3 is 2.42 bits per heavy atom. The van der Waals surface area contributed by atoms with Gasteiger partial charge in [-0.2, -0.15) is 0 Å². The number of rotatable bonds is 3. The van der Waals surface area contributed by atoms with Gasteiger partial charge in [0.15, 0.2) is 0 Å². The van der Waals surface area contributed by atoms with Crippen LogP contribution in [-0.2, 0) is 16.1 Å². The predicted octanol–water partition coefficient (Wildman–Crippen LogP) is 0.599. The number of hydrogen-bond donors (Lipinski definition) is 1. The van der Waals surface area contributed by atoms with E-state index in [2.05, 4.69) is 0 Å². The Balaban J connectivity index is 2.11. The van der Waals surface area contributed by atoms with Gasteiger partial charge in [0.05, 0.1) is 6.54 Å². The minimum absolute atomic E-state index is 0.0308. The molecule has 0 spiro atoms. The van der Waals surface area contributed by atoms with Gasteiger partial charge in [0, 0.05) is 18.8 Å². The fourth-order valence-electron chi connectivity index (χ4n) is 2.12. The van der Waals surface area contributed by atoms with Gasteiger partial charge < -0.3 is 15.5 Å². The first-order valence-electron chi connectivity index (χ1n) is 6.10. The molecule has 1 aromatic rings. The molecule has 0 bridgehead atoms. The lowest BCUT2D eigenvalue weighted by atomic mass is 10.1. The molecule has 0 atom stereocenters. The van der Waals surface area contributed by atoms with Crippen LogP contribution < -0.4 is 5.73 Å². The van der Waals surface area contributed by atoms with Gasteiger partial charge in [-0.15, -0.1) is 0 Å². The van der Waals surface area contributed by atoms with E-state index < -0.39 is 5.82 Å². The van der Waals surface area contributed by atoms with E-state index in [4.69, 9.17) is 5.73 Å². The molecule has 102 valence electrons.